The summed E-state index contributed by atoms with van der Waals surface area (Å²) >= 11 is 0. The second-order valence-electron chi connectivity index (χ2n) is 6.70. The summed E-state index contributed by atoms with van der Waals surface area (Å²) in [6.45, 7) is 13.5. The van der Waals surface area contributed by atoms with Gasteiger partial charge in [-0.25, -0.2) is 0 Å². The summed E-state index contributed by atoms with van der Waals surface area (Å²) in [4.78, 5) is 12.6. The fraction of sp³-hybridized carbons (Fsp3) is 0.938. The summed E-state index contributed by atoms with van der Waals surface area (Å²) in [6.07, 6.45) is 2.70. The first-order valence-electron chi connectivity index (χ1n) is 7.28. The summed E-state index contributed by atoms with van der Waals surface area (Å²) in [5.41, 5.74) is -0.288. The molecule has 0 bridgehead atoms. The van der Waals surface area contributed by atoms with Gasteiger partial charge in [0.25, 0.3) is 0 Å². The van der Waals surface area contributed by atoms with Crippen LogP contribution in [0.25, 0.3) is 0 Å². The fourth-order valence-corrected chi connectivity index (χ4v) is 2.45. The molecular formula is C16H32O2. The molecule has 0 rings (SSSR count). The second kappa shape index (κ2) is 7.93. The third kappa shape index (κ3) is 5.09. The van der Waals surface area contributed by atoms with Gasteiger partial charge in [0.2, 0.25) is 0 Å². The van der Waals surface area contributed by atoms with E-state index in [0.29, 0.717) is 36.6 Å². The van der Waals surface area contributed by atoms with Gasteiger partial charge in [-0.15, -0.1) is 0 Å². The van der Waals surface area contributed by atoms with Gasteiger partial charge in [0.15, 0.2) is 0 Å². The lowest BCUT2D eigenvalue weighted by Gasteiger charge is -2.37. The fourth-order valence-electron chi connectivity index (χ4n) is 2.45. The molecule has 0 N–H and O–H groups in total. The van der Waals surface area contributed by atoms with Crippen LogP contribution in [0.4, 0.5) is 0 Å². The Hall–Kier alpha value is -0.370. The van der Waals surface area contributed by atoms with Crippen molar-refractivity contribution in [3.63, 3.8) is 0 Å². The maximum absolute atomic E-state index is 12.6. The predicted molar refractivity (Wildman–Crippen MR) is 77.7 cm³/mol. The van der Waals surface area contributed by atoms with E-state index in [1.807, 2.05) is 0 Å². The van der Waals surface area contributed by atoms with Crippen molar-refractivity contribution >= 4 is 5.78 Å². The molecule has 0 aliphatic rings. The third-order valence-electron chi connectivity index (χ3n) is 3.82. The molecule has 0 aliphatic carbocycles. The van der Waals surface area contributed by atoms with Crippen molar-refractivity contribution in [2.24, 2.45) is 23.2 Å². The summed E-state index contributed by atoms with van der Waals surface area (Å²) in [7, 11) is 1.70. The highest BCUT2D eigenvalue weighted by Crippen LogP contribution is 2.37. The van der Waals surface area contributed by atoms with Crippen molar-refractivity contribution in [2.45, 2.75) is 60.8 Å². The van der Waals surface area contributed by atoms with E-state index in [9.17, 15) is 4.79 Å². The number of carbonyl (C=O) groups is 1. The first kappa shape index (κ1) is 17.6. The molecule has 0 aromatic heterocycles. The van der Waals surface area contributed by atoms with E-state index in [0.717, 1.165) is 12.8 Å². The largest absolute Gasteiger partial charge is 0.384 e. The van der Waals surface area contributed by atoms with E-state index < -0.39 is 0 Å². The van der Waals surface area contributed by atoms with Gasteiger partial charge in [-0.3, -0.25) is 4.79 Å². The van der Waals surface area contributed by atoms with Crippen molar-refractivity contribution in [1.29, 1.82) is 0 Å². The minimum absolute atomic E-state index is 0.288. The third-order valence-corrected chi connectivity index (χ3v) is 3.82. The molecule has 0 saturated heterocycles. The molecule has 1 unspecified atom stereocenters. The Kier molecular flexibility index (Phi) is 7.77. The number of ether oxygens (including phenoxy) is 1. The van der Waals surface area contributed by atoms with Crippen LogP contribution in [0.15, 0.2) is 0 Å². The zero-order chi connectivity index (χ0) is 14.3. The van der Waals surface area contributed by atoms with Crippen LogP contribution in [0.1, 0.15) is 60.8 Å². The Balaban J connectivity index is 5.01. The van der Waals surface area contributed by atoms with Crippen molar-refractivity contribution in [1.82, 2.24) is 0 Å². The smallest absolute Gasteiger partial charge is 0.141 e. The Morgan fingerprint density at radius 1 is 1.06 bits per heavy atom. The highest BCUT2D eigenvalue weighted by Gasteiger charge is 2.40. The van der Waals surface area contributed by atoms with Gasteiger partial charge < -0.3 is 4.74 Å². The van der Waals surface area contributed by atoms with Crippen LogP contribution in [0.3, 0.4) is 0 Å². The second-order valence-corrected chi connectivity index (χ2v) is 6.70. The van der Waals surface area contributed by atoms with E-state index in [4.69, 9.17) is 4.74 Å². The normalized spacial score (nSPS) is 15.4. The molecule has 0 aliphatic heterocycles. The summed E-state index contributed by atoms with van der Waals surface area (Å²) in [5, 5.41) is 0. The van der Waals surface area contributed by atoms with Gasteiger partial charge in [-0.2, -0.15) is 0 Å². The summed E-state index contributed by atoms with van der Waals surface area (Å²) < 4.78 is 5.38. The number of hydrogen-bond acceptors (Lipinski definition) is 2. The molecule has 0 fully saturated rings. The SMILES string of the molecule is COCC(CCC(C)C)(C(=O)CC(C)C)C(C)C. The quantitative estimate of drug-likeness (QED) is 0.614. The Morgan fingerprint density at radius 3 is 1.94 bits per heavy atom. The van der Waals surface area contributed by atoms with E-state index >= 15 is 0 Å². The molecular weight excluding hydrogens is 224 g/mol. The van der Waals surface area contributed by atoms with E-state index in [1.165, 1.54) is 0 Å². The number of hydrogen-bond donors (Lipinski definition) is 0. The standard InChI is InChI=1S/C16H32O2/c1-12(2)8-9-16(11-18-7,14(5)6)15(17)10-13(3)4/h12-14H,8-11H2,1-7H3. The lowest BCUT2D eigenvalue weighted by Crippen LogP contribution is -2.41. The van der Waals surface area contributed by atoms with Crippen LogP contribution < -0.4 is 0 Å². The minimum atomic E-state index is -0.288. The molecule has 2 heteroatoms. The van der Waals surface area contributed by atoms with E-state index in [2.05, 4.69) is 41.5 Å². The molecule has 2 nitrogen and oxygen atoms in total. The average Bonchev–Trinajstić information content (AvgIpc) is 2.22. The van der Waals surface area contributed by atoms with Crippen LogP contribution in [0.5, 0.6) is 0 Å². The van der Waals surface area contributed by atoms with Crippen molar-refractivity contribution < 1.29 is 9.53 Å². The van der Waals surface area contributed by atoms with Crippen molar-refractivity contribution in [3.05, 3.63) is 0 Å². The van der Waals surface area contributed by atoms with Gasteiger partial charge in [0, 0.05) is 13.5 Å². The Morgan fingerprint density at radius 2 is 1.61 bits per heavy atom. The molecule has 0 saturated carbocycles. The van der Waals surface area contributed by atoms with Gasteiger partial charge >= 0.3 is 0 Å². The highest BCUT2D eigenvalue weighted by molar-refractivity contribution is 5.85. The lowest BCUT2D eigenvalue weighted by molar-refractivity contribution is -0.137. The topological polar surface area (TPSA) is 26.3 Å². The summed E-state index contributed by atoms with van der Waals surface area (Å²) in [6, 6.07) is 0. The summed E-state index contributed by atoms with van der Waals surface area (Å²) in [5.74, 6) is 1.77. The molecule has 0 heterocycles. The molecule has 0 amide bonds. The number of rotatable bonds is 9. The van der Waals surface area contributed by atoms with Gasteiger partial charge in [0.1, 0.15) is 5.78 Å². The van der Waals surface area contributed by atoms with Crippen molar-refractivity contribution in [3.8, 4) is 0 Å². The molecule has 1 atom stereocenters. The molecule has 0 spiro atoms. The van der Waals surface area contributed by atoms with Crippen LogP contribution in [0, 0.1) is 23.2 Å². The highest BCUT2D eigenvalue weighted by atomic mass is 16.5. The Labute approximate surface area is 113 Å². The van der Waals surface area contributed by atoms with Crippen LogP contribution in [0.2, 0.25) is 0 Å². The van der Waals surface area contributed by atoms with Crippen molar-refractivity contribution in [2.75, 3.05) is 13.7 Å². The maximum atomic E-state index is 12.6. The van der Waals surface area contributed by atoms with Gasteiger partial charge in [0.05, 0.1) is 12.0 Å². The Bertz CT molecular complexity index is 243. The van der Waals surface area contributed by atoms with Gasteiger partial charge in [-0.05, 0) is 30.6 Å². The van der Waals surface area contributed by atoms with Crippen LogP contribution in [-0.4, -0.2) is 19.5 Å². The molecule has 108 valence electrons. The average molecular weight is 256 g/mol. The molecule has 0 aromatic carbocycles. The van der Waals surface area contributed by atoms with E-state index in [1.54, 1.807) is 7.11 Å². The zero-order valence-electron chi connectivity index (χ0n) is 13.4. The van der Waals surface area contributed by atoms with Gasteiger partial charge in [-0.1, -0.05) is 41.5 Å². The molecule has 0 aromatic rings. The maximum Gasteiger partial charge on any atom is 0.141 e. The minimum Gasteiger partial charge on any atom is -0.384 e. The first-order valence-corrected chi connectivity index (χ1v) is 7.28. The zero-order valence-corrected chi connectivity index (χ0v) is 13.4. The number of methoxy groups -OCH3 is 1. The van der Waals surface area contributed by atoms with E-state index in [-0.39, 0.29) is 5.41 Å². The number of carbonyl (C=O) groups excluding carboxylic acids is 1. The molecule has 18 heavy (non-hydrogen) atoms. The predicted octanol–water partition coefficient (Wildman–Crippen LogP) is 4.33. The first-order chi connectivity index (χ1) is 8.26. The number of ketones is 1. The molecule has 0 radical (unpaired) electrons. The van der Waals surface area contributed by atoms with Crippen LogP contribution >= 0.6 is 0 Å². The number of Topliss-reactive ketones (excluding diaryl/α,β-unsaturated/α-hetero) is 1. The van der Waals surface area contributed by atoms with Crippen LogP contribution in [-0.2, 0) is 9.53 Å². The lowest BCUT2D eigenvalue weighted by atomic mass is 9.68. The monoisotopic (exact) mass is 256 g/mol.